The van der Waals surface area contributed by atoms with Crippen LogP contribution in [0.5, 0.6) is 5.75 Å². The molecule has 0 spiro atoms. The Kier molecular flexibility index (Phi) is 6.86. The smallest absolute Gasteiger partial charge is 0.326 e. The third-order valence-corrected chi connectivity index (χ3v) is 3.66. The number of hydrogen-bond donors (Lipinski definition) is 2. The van der Waals surface area contributed by atoms with Gasteiger partial charge in [-0.15, -0.1) is 0 Å². The lowest BCUT2D eigenvalue weighted by Gasteiger charge is -2.11. The summed E-state index contributed by atoms with van der Waals surface area (Å²) in [6, 6.07) is 3.37. The van der Waals surface area contributed by atoms with Crippen LogP contribution in [0, 0.1) is 5.82 Å². The number of ether oxygens (including phenoxy) is 1. The maximum atomic E-state index is 13.1. The Labute approximate surface area is 120 Å². The molecule has 1 aromatic carbocycles. The predicted octanol–water partition coefficient (Wildman–Crippen LogP) is 1.66. The van der Waals surface area contributed by atoms with E-state index in [-0.39, 0.29) is 5.82 Å². The van der Waals surface area contributed by atoms with E-state index in [1.54, 1.807) is 6.07 Å². The minimum Gasteiger partial charge on any atom is -0.496 e. The lowest BCUT2D eigenvalue weighted by atomic mass is 10.2. The largest absolute Gasteiger partial charge is 0.496 e. The number of amides is 1. The van der Waals surface area contributed by atoms with Gasteiger partial charge in [-0.3, -0.25) is 4.79 Å². The van der Waals surface area contributed by atoms with Gasteiger partial charge in [-0.25, -0.2) is 9.18 Å². The number of aliphatic carboxylic acids is 1. The Morgan fingerprint density at radius 2 is 2.35 bits per heavy atom. The zero-order chi connectivity index (χ0) is 15.0. The molecule has 110 valence electrons. The van der Waals surface area contributed by atoms with Gasteiger partial charge in [0.2, 0.25) is 6.41 Å². The Bertz CT molecular complexity index is 470. The van der Waals surface area contributed by atoms with Crippen LogP contribution >= 0.6 is 11.8 Å². The first-order valence-corrected chi connectivity index (χ1v) is 7.06. The first kappa shape index (κ1) is 16.3. The van der Waals surface area contributed by atoms with Crippen LogP contribution in [0.3, 0.4) is 0 Å². The number of methoxy groups -OCH3 is 1. The zero-order valence-corrected chi connectivity index (χ0v) is 11.8. The topological polar surface area (TPSA) is 75.6 Å². The molecular weight excluding hydrogens is 285 g/mol. The highest BCUT2D eigenvalue weighted by atomic mass is 32.2. The SMILES string of the molecule is COc1ccc(F)cc1CSCCC(NC=O)C(=O)O. The lowest BCUT2D eigenvalue weighted by molar-refractivity contribution is -0.140. The highest BCUT2D eigenvalue weighted by Crippen LogP contribution is 2.24. The van der Waals surface area contributed by atoms with Crippen molar-refractivity contribution in [3.63, 3.8) is 0 Å². The number of carboxylic acid groups (broad SMARTS) is 1. The van der Waals surface area contributed by atoms with Gasteiger partial charge in [-0.05, 0) is 30.4 Å². The summed E-state index contributed by atoms with van der Waals surface area (Å²) in [4.78, 5) is 21.1. The number of halogens is 1. The van der Waals surface area contributed by atoms with Gasteiger partial charge < -0.3 is 15.2 Å². The van der Waals surface area contributed by atoms with Crippen LogP contribution in [0.2, 0.25) is 0 Å². The average molecular weight is 301 g/mol. The van der Waals surface area contributed by atoms with Crippen LogP contribution in [-0.4, -0.2) is 36.4 Å². The van der Waals surface area contributed by atoms with Crippen molar-refractivity contribution in [2.75, 3.05) is 12.9 Å². The summed E-state index contributed by atoms with van der Waals surface area (Å²) in [7, 11) is 1.51. The number of hydrogen-bond acceptors (Lipinski definition) is 4. The van der Waals surface area contributed by atoms with E-state index in [2.05, 4.69) is 5.32 Å². The fraction of sp³-hybridized carbons (Fsp3) is 0.385. The highest BCUT2D eigenvalue weighted by Gasteiger charge is 2.15. The Morgan fingerprint density at radius 1 is 1.60 bits per heavy atom. The minimum atomic E-state index is -1.07. The van der Waals surface area contributed by atoms with Crippen LogP contribution < -0.4 is 10.1 Å². The summed E-state index contributed by atoms with van der Waals surface area (Å²) < 4.78 is 18.3. The van der Waals surface area contributed by atoms with Crippen molar-refractivity contribution in [2.24, 2.45) is 0 Å². The molecule has 2 N–H and O–H groups in total. The molecular formula is C13H16FNO4S. The van der Waals surface area contributed by atoms with Crippen LogP contribution in [-0.2, 0) is 15.3 Å². The molecule has 0 radical (unpaired) electrons. The van der Waals surface area contributed by atoms with Gasteiger partial charge in [0.1, 0.15) is 17.6 Å². The number of rotatable bonds is 9. The Balaban J connectivity index is 2.46. The second kappa shape index (κ2) is 8.42. The van der Waals surface area contributed by atoms with Crippen molar-refractivity contribution in [3.05, 3.63) is 29.6 Å². The first-order chi connectivity index (χ1) is 9.58. The number of carbonyl (C=O) groups excluding carboxylic acids is 1. The van der Waals surface area contributed by atoms with Crippen LogP contribution in [0.1, 0.15) is 12.0 Å². The molecule has 7 heteroatoms. The van der Waals surface area contributed by atoms with Gasteiger partial charge in [-0.1, -0.05) is 0 Å². The molecule has 0 aliphatic rings. The molecule has 1 amide bonds. The van der Waals surface area contributed by atoms with Crippen molar-refractivity contribution in [1.82, 2.24) is 5.32 Å². The number of nitrogens with one attached hydrogen (secondary N) is 1. The molecule has 0 aliphatic heterocycles. The maximum Gasteiger partial charge on any atom is 0.326 e. The monoisotopic (exact) mass is 301 g/mol. The average Bonchev–Trinajstić information content (AvgIpc) is 2.42. The molecule has 0 aliphatic carbocycles. The molecule has 0 saturated heterocycles. The minimum absolute atomic E-state index is 0.302. The van der Waals surface area contributed by atoms with Gasteiger partial charge in [-0.2, -0.15) is 11.8 Å². The molecule has 0 aromatic heterocycles. The van der Waals surface area contributed by atoms with Crippen molar-refractivity contribution >= 4 is 24.1 Å². The molecule has 0 bridgehead atoms. The fourth-order valence-electron chi connectivity index (χ4n) is 1.60. The van der Waals surface area contributed by atoms with Gasteiger partial charge in [0.25, 0.3) is 0 Å². The lowest BCUT2D eigenvalue weighted by Crippen LogP contribution is -2.36. The predicted molar refractivity (Wildman–Crippen MR) is 74.4 cm³/mol. The van der Waals surface area contributed by atoms with Crippen molar-refractivity contribution in [2.45, 2.75) is 18.2 Å². The standard InChI is InChI=1S/C13H16FNO4S/c1-19-12-3-2-10(14)6-9(12)7-20-5-4-11(13(17)18)15-8-16/h2-3,6,8,11H,4-5,7H2,1H3,(H,15,16)(H,17,18). The zero-order valence-electron chi connectivity index (χ0n) is 11.0. The molecule has 0 heterocycles. The summed E-state index contributed by atoms with van der Waals surface area (Å²) >= 11 is 1.45. The van der Waals surface area contributed by atoms with E-state index in [1.165, 1.54) is 31.0 Å². The number of carbonyl (C=O) groups is 2. The molecule has 1 aromatic rings. The summed E-state index contributed by atoms with van der Waals surface area (Å²) in [5.74, 6) is 0.222. The summed E-state index contributed by atoms with van der Waals surface area (Å²) in [5, 5.41) is 11.1. The molecule has 20 heavy (non-hydrogen) atoms. The summed E-state index contributed by atoms with van der Waals surface area (Å²) in [6.07, 6.45) is 0.676. The highest BCUT2D eigenvalue weighted by molar-refractivity contribution is 7.98. The van der Waals surface area contributed by atoms with E-state index >= 15 is 0 Å². The van der Waals surface area contributed by atoms with Crippen LogP contribution in [0.4, 0.5) is 4.39 Å². The molecule has 0 fully saturated rings. The van der Waals surface area contributed by atoms with E-state index in [0.717, 1.165) is 0 Å². The maximum absolute atomic E-state index is 13.1. The molecule has 1 atom stereocenters. The summed E-state index contributed by atoms with van der Waals surface area (Å²) in [5.41, 5.74) is 0.715. The van der Waals surface area contributed by atoms with E-state index in [4.69, 9.17) is 9.84 Å². The summed E-state index contributed by atoms with van der Waals surface area (Å²) in [6.45, 7) is 0. The van der Waals surface area contributed by atoms with E-state index in [9.17, 15) is 14.0 Å². The molecule has 5 nitrogen and oxygen atoms in total. The fourth-order valence-corrected chi connectivity index (χ4v) is 2.60. The van der Waals surface area contributed by atoms with E-state index < -0.39 is 12.0 Å². The Morgan fingerprint density at radius 3 is 2.95 bits per heavy atom. The number of benzene rings is 1. The first-order valence-electron chi connectivity index (χ1n) is 5.91. The van der Waals surface area contributed by atoms with E-state index in [1.807, 2.05) is 0 Å². The second-order valence-electron chi connectivity index (χ2n) is 3.97. The quantitative estimate of drug-likeness (QED) is 0.536. The Hall–Kier alpha value is -1.76. The van der Waals surface area contributed by atoms with Gasteiger partial charge in [0, 0.05) is 11.3 Å². The molecule has 0 saturated carbocycles. The molecule has 1 unspecified atom stereocenters. The molecule has 1 rings (SSSR count). The van der Waals surface area contributed by atoms with Crippen LogP contribution in [0.25, 0.3) is 0 Å². The third-order valence-electron chi connectivity index (χ3n) is 2.62. The number of thioether (sulfide) groups is 1. The van der Waals surface area contributed by atoms with Crippen molar-refractivity contribution < 1.29 is 23.8 Å². The van der Waals surface area contributed by atoms with E-state index in [0.29, 0.717) is 35.6 Å². The third kappa shape index (κ3) is 5.08. The van der Waals surface area contributed by atoms with Gasteiger partial charge in [0.15, 0.2) is 0 Å². The second-order valence-corrected chi connectivity index (χ2v) is 5.08. The van der Waals surface area contributed by atoms with Gasteiger partial charge >= 0.3 is 5.97 Å². The van der Waals surface area contributed by atoms with Gasteiger partial charge in [0.05, 0.1) is 7.11 Å². The number of carboxylic acids is 1. The van der Waals surface area contributed by atoms with Crippen molar-refractivity contribution in [3.8, 4) is 5.75 Å². The normalized spacial score (nSPS) is 11.7. The van der Waals surface area contributed by atoms with Crippen molar-refractivity contribution in [1.29, 1.82) is 0 Å². The van der Waals surface area contributed by atoms with Crippen LogP contribution in [0.15, 0.2) is 18.2 Å².